The van der Waals surface area contributed by atoms with Crippen LogP contribution in [0.25, 0.3) is 0 Å². The molecule has 0 heterocycles. The number of hydrogen-bond donors (Lipinski definition) is 1. The molecule has 0 spiro atoms. The lowest BCUT2D eigenvalue weighted by atomic mass is 9.91. The minimum absolute atomic E-state index is 0.0368. The Bertz CT molecular complexity index is 311. The molecule has 0 bridgehead atoms. The van der Waals surface area contributed by atoms with Crippen molar-refractivity contribution in [2.75, 3.05) is 13.2 Å². The van der Waals surface area contributed by atoms with Crippen LogP contribution in [0.3, 0.4) is 0 Å². The molecule has 0 saturated heterocycles. The Kier molecular flexibility index (Phi) is 7.84. The molecule has 0 aliphatic heterocycles. The van der Waals surface area contributed by atoms with E-state index in [9.17, 15) is 9.59 Å². The van der Waals surface area contributed by atoms with E-state index < -0.39 is 0 Å². The molecule has 0 saturated carbocycles. The predicted octanol–water partition coefficient (Wildman–Crippen LogP) is 3.30. The lowest BCUT2D eigenvalue weighted by Gasteiger charge is -2.18. The number of carbonyl (C=O) groups excluding carboxylic acids is 2. The molecule has 20 heavy (non-hydrogen) atoms. The number of nitrogens with one attached hydrogen (secondary N) is 1. The molecule has 1 N–H and O–H groups in total. The third-order valence-corrected chi connectivity index (χ3v) is 2.65. The zero-order valence-corrected chi connectivity index (χ0v) is 14.0. The van der Waals surface area contributed by atoms with Gasteiger partial charge in [-0.3, -0.25) is 9.59 Å². The van der Waals surface area contributed by atoms with Crippen LogP contribution in [0.5, 0.6) is 0 Å². The summed E-state index contributed by atoms with van der Waals surface area (Å²) in [5.74, 6) is -0.378. The maximum atomic E-state index is 11.6. The van der Waals surface area contributed by atoms with Gasteiger partial charge < -0.3 is 10.1 Å². The smallest absolute Gasteiger partial charge is 0.306 e. The predicted molar refractivity (Wildman–Crippen MR) is 81.3 cm³/mol. The van der Waals surface area contributed by atoms with Crippen LogP contribution in [0.1, 0.15) is 67.2 Å². The van der Waals surface area contributed by atoms with Gasteiger partial charge in [0, 0.05) is 13.0 Å². The standard InChI is InChI=1S/C16H31NO3/c1-15(2,3)10-7-11-17-13(18)8-9-14(19)20-12-16(4,5)6/h7-12H2,1-6H3,(H,17,18). The number of carbonyl (C=O) groups is 2. The molecule has 0 unspecified atom stereocenters. The van der Waals surface area contributed by atoms with E-state index in [-0.39, 0.29) is 30.1 Å². The molecule has 1 amide bonds. The molecule has 4 heteroatoms. The second-order valence-electron chi connectivity index (χ2n) is 7.74. The molecule has 0 atom stereocenters. The summed E-state index contributed by atoms with van der Waals surface area (Å²) in [6.45, 7) is 13.6. The van der Waals surface area contributed by atoms with Crippen molar-refractivity contribution in [2.24, 2.45) is 10.8 Å². The average Bonchev–Trinajstić information content (AvgIpc) is 2.27. The molecular formula is C16H31NO3. The van der Waals surface area contributed by atoms with Crippen molar-refractivity contribution in [1.82, 2.24) is 5.32 Å². The van der Waals surface area contributed by atoms with Crippen LogP contribution in [-0.2, 0) is 14.3 Å². The normalized spacial score (nSPS) is 12.1. The van der Waals surface area contributed by atoms with E-state index in [2.05, 4.69) is 26.1 Å². The summed E-state index contributed by atoms with van der Waals surface area (Å²) in [5.41, 5.74) is 0.256. The highest BCUT2D eigenvalue weighted by molar-refractivity contribution is 5.81. The molecule has 0 radical (unpaired) electrons. The fraction of sp³-hybridized carbons (Fsp3) is 0.875. The lowest BCUT2D eigenvalue weighted by Crippen LogP contribution is -2.26. The fourth-order valence-electron chi connectivity index (χ4n) is 1.52. The number of hydrogen-bond acceptors (Lipinski definition) is 3. The number of esters is 1. The molecule has 4 nitrogen and oxygen atoms in total. The van der Waals surface area contributed by atoms with E-state index in [4.69, 9.17) is 4.74 Å². The summed E-state index contributed by atoms with van der Waals surface area (Å²) < 4.78 is 5.11. The van der Waals surface area contributed by atoms with Crippen LogP contribution in [-0.4, -0.2) is 25.0 Å². The number of ether oxygens (including phenoxy) is 1. The summed E-state index contributed by atoms with van der Waals surface area (Å²) in [4.78, 5) is 23.0. The highest BCUT2D eigenvalue weighted by atomic mass is 16.5. The quantitative estimate of drug-likeness (QED) is 0.577. The Morgan fingerprint density at radius 2 is 1.55 bits per heavy atom. The lowest BCUT2D eigenvalue weighted by molar-refractivity contribution is -0.147. The van der Waals surface area contributed by atoms with Crippen LogP contribution in [0.2, 0.25) is 0 Å². The Balaban J connectivity index is 3.65. The number of amides is 1. The van der Waals surface area contributed by atoms with Crippen LogP contribution in [0.4, 0.5) is 0 Å². The third kappa shape index (κ3) is 13.4. The maximum absolute atomic E-state index is 11.6. The van der Waals surface area contributed by atoms with E-state index in [1.807, 2.05) is 20.8 Å². The van der Waals surface area contributed by atoms with Crippen LogP contribution >= 0.6 is 0 Å². The number of rotatable bonds is 7. The van der Waals surface area contributed by atoms with E-state index in [1.165, 1.54) is 0 Å². The van der Waals surface area contributed by atoms with E-state index >= 15 is 0 Å². The highest BCUT2D eigenvalue weighted by Gasteiger charge is 2.15. The van der Waals surface area contributed by atoms with Crippen molar-refractivity contribution in [3.05, 3.63) is 0 Å². The van der Waals surface area contributed by atoms with Crippen LogP contribution < -0.4 is 5.32 Å². The molecule has 0 rings (SSSR count). The van der Waals surface area contributed by atoms with Crippen molar-refractivity contribution >= 4 is 11.9 Å². The molecule has 0 aromatic carbocycles. The van der Waals surface area contributed by atoms with Gasteiger partial charge >= 0.3 is 5.97 Å². The zero-order chi connectivity index (χ0) is 15.8. The van der Waals surface area contributed by atoms with E-state index in [1.54, 1.807) is 0 Å². The summed E-state index contributed by atoms with van der Waals surface area (Å²) in [7, 11) is 0. The summed E-state index contributed by atoms with van der Waals surface area (Å²) >= 11 is 0. The first kappa shape index (κ1) is 18.9. The van der Waals surface area contributed by atoms with Gasteiger partial charge in [-0.1, -0.05) is 41.5 Å². The molecule has 0 aromatic heterocycles. The van der Waals surface area contributed by atoms with Crippen molar-refractivity contribution < 1.29 is 14.3 Å². The molecule has 0 aromatic rings. The first-order valence-electron chi connectivity index (χ1n) is 7.42. The Morgan fingerprint density at radius 3 is 2.05 bits per heavy atom. The maximum Gasteiger partial charge on any atom is 0.306 e. The van der Waals surface area contributed by atoms with Gasteiger partial charge in [-0.2, -0.15) is 0 Å². The van der Waals surface area contributed by atoms with Gasteiger partial charge in [-0.05, 0) is 23.7 Å². The summed E-state index contributed by atoms with van der Waals surface area (Å²) in [5, 5.41) is 2.84. The van der Waals surface area contributed by atoms with Gasteiger partial charge in [0.25, 0.3) is 0 Å². The van der Waals surface area contributed by atoms with E-state index in [0.29, 0.717) is 18.6 Å². The second-order valence-corrected chi connectivity index (χ2v) is 7.74. The monoisotopic (exact) mass is 285 g/mol. The molecule has 0 aliphatic rings. The van der Waals surface area contributed by atoms with Crippen molar-refractivity contribution in [3.63, 3.8) is 0 Å². The summed E-state index contributed by atoms with van der Waals surface area (Å²) in [6.07, 6.45) is 2.39. The van der Waals surface area contributed by atoms with Gasteiger partial charge in [0.2, 0.25) is 5.91 Å². The largest absolute Gasteiger partial charge is 0.465 e. The molecule has 118 valence electrons. The summed E-state index contributed by atoms with van der Waals surface area (Å²) in [6, 6.07) is 0. The van der Waals surface area contributed by atoms with Crippen LogP contribution in [0.15, 0.2) is 0 Å². The van der Waals surface area contributed by atoms with Gasteiger partial charge in [-0.15, -0.1) is 0 Å². The third-order valence-electron chi connectivity index (χ3n) is 2.65. The van der Waals surface area contributed by atoms with Gasteiger partial charge in [0.1, 0.15) is 0 Å². The Hall–Kier alpha value is -1.06. The fourth-order valence-corrected chi connectivity index (χ4v) is 1.52. The molecule has 0 aliphatic carbocycles. The SMILES string of the molecule is CC(C)(C)CCCNC(=O)CCC(=O)OCC(C)(C)C. The second kappa shape index (κ2) is 8.28. The first-order valence-corrected chi connectivity index (χ1v) is 7.42. The minimum atomic E-state index is -0.301. The average molecular weight is 285 g/mol. The Morgan fingerprint density at radius 1 is 0.950 bits per heavy atom. The van der Waals surface area contributed by atoms with Gasteiger partial charge in [0.15, 0.2) is 0 Å². The molecule has 0 fully saturated rings. The Labute approximate surface area is 123 Å². The van der Waals surface area contributed by atoms with E-state index in [0.717, 1.165) is 12.8 Å². The van der Waals surface area contributed by atoms with Crippen molar-refractivity contribution in [1.29, 1.82) is 0 Å². The van der Waals surface area contributed by atoms with Crippen molar-refractivity contribution in [3.8, 4) is 0 Å². The highest BCUT2D eigenvalue weighted by Crippen LogP contribution is 2.19. The van der Waals surface area contributed by atoms with Crippen molar-refractivity contribution in [2.45, 2.75) is 67.2 Å². The first-order chi connectivity index (χ1) is 8.99. The zero-order valence-electron chi connectivity index (χ0n) is 14.0. The van der Waals surface area contributed by atoms with Crippen LogP contribution in [0, 0.1) is 10.8 Å². The topological polar surface area (TPSA) is 55.4 Å². The minimum Gasteiger partial charge on any atom is -0.465 e. The molecular weight excluding hydrogens is 254 g/mol. The van der Waals surface area contributed by atoms with Gasteiger partial charge in [0.05, 0.1) is 13.0 Å². The van der Waals surface area contributed by atoms with Gasteiger partial charge in [-0.25, -0.2) is 0 Å².